The molecular weight excluding hydrogens is 336 g/mol. The highest BCUT2D eigenvalue weighted by Crippen LogP contribution is 2.14. The van der Waals surface area contributed by atoms with Gasteiger partial charge < -0.3 is 10.4 Å². The van der Waals surface area contributed by atoms with Crippen LogP contribution in [0.5, 0.6) is 0 Å². The Hall–Kier alpha value is -2.93. The highest BCUT2D eigenvalue weighted by molar-refractivity contribution is 6.30. The number of aliphatic carboxylic acids is 1. The monoisotopic (exact) mass is 348 g/mol. The lowest BCUT2D eigenvalue weighted by molar-refractivity contribution is -0.384. The van der Waals surface area contributed by atoms with Crippen molar-refractivity contribution in [2.45, 2.75) is 12.5 Å². The summed E-state index contributed by atoms with van der Waals surface area (Å²) in [5, 5.41) is 22.9. The van der Waals surface area contributed by atoms with E-state index in [0.717, 1.165) is 6.07 Å². The van der Waals surface area contributed by atoms with Gasteiger partial charge >= 0.3 is 5.97 Å². The molecule has 1 amide bonds. The first-order valence-corrected chi connectivity index (χ1v) is 7.27. The van der Waals surface area contributed by atoms with Crippen LogP contribution in [0, 0.1) is 10.1 Å². The van der Waals surface area contributed by atoms with Gasteiger partial charge in [0, 0.05) is 29.1 Å². The van der Waals surface area contributed by atoms with Gasteiger partial charge in [-0.3, -0.25) is 14.9 Å². The molecule has 7 nitrogen and oxygen atoms in total. The quantitative estimate of drug-likeness (QED) is 0.616. The van der Waals surface area contributed by atoms with Crippen LogP contribution in [0.25, 0.3) is 0 Å². The van der Waals surface area contributed by atoms with Crippen LogP contribution >= 0.6 is 11.6 Å². The fourth-order valence-electron chi connectivity index (χ4n) is 2.06. The summed E-state index contributed by atoms with van der Waals surface area (Å²) in [6.45, 7) is 0. The molecule has 2 aromatic carbocycles. The number of nitrogens with zero attached hydrogens (tertiary/aromatic N) is 1. The molecule has 124 valence electrons. The Bertz CT molecular complexity index is 776. The van der Waals surface area contributed by atoms with Crippen molar-refractivity contribution in [3.63, 3.8) is 0 Å². The second-order valence-corrected chi connectivity index (χ2v) is 5.44. The molecule has 0 aliphatic heterocycles. The lowest BCUT2D eigenvalue weighted by Gasteiger charge is -2.14. The van der Waals surface area contributed by atoms with Crippen molar-refractivity contribution in [2.75, 3.05) is 0 Å². The number of carbonyl (C=O) groups is 2. The topological polar surface area (TPSA) is 110 Å². The first-order chi connectivity index (χ1) is 11.4. The Morgan fingerprint density at radius 3 is 2.46 bits per heavy atom. The zero-order valence-corrected chi connectivity index (χ0v) is 13.1. The van der Waals surface area contributed by atoms with E-state index >= 15 is 0 Å². The number of nitro benzene ring substituents is 1. The average Bonchev–Trinajstić information content (AvgIpc) is 2.56. The van der Waals surface area contributed by atoms with Gasteiger partial charge in [0.25, 0.3) is 11.6 Å². The minimum Gasteiger partial charge on any atom is -0.480 e. The molecule has 0 saturated carbocycles. The van der Waals surface area contributed by atoms with Crippen LogP contribution in [0.1, 0.15) is 15.9 Å². The maximum atomic E-state index is 12.2. The summed E-state index contributed by atoms with van der Waals surface area (Å²) in [5.41, 5.74) is 0.463. The zero-order valence-electron chi connectivity index (χ0n) is 12.3. The predicted octanol–water partition coefficient (Wildman–Crippen LogP) is 2.67. The van der Waals surface area contributed by atoms with Gasteiger partial charge in [-0.1, -0.05) is 29.8 Å². The molecule has 0 aliphatic rings. The van der Waals surface area contributed by atoms with E-state index in [1.54, 1.807) is 24.3 Å². The molecule has 1 atom stereocenters. The molecule has 0 radical (unpaired) electrons. The largest absolute Gasteiger partial charge is 0.480 e. The van der Waals surface area contributed by atoms with Crippen LogP contribution in [-0.4, -0.2) is 27.9 Å². The van der Waals surface area contributed by atoms with E-state index in [4.69, 9.17) is 11.6 Å². The molecule has 0 aliphatic carbocycles. The lowest BCUT2D eigenvalue weighted by Crippen LogP contribution is -2.42. The van der Waals surface area contributed by atoms with Gasteiger partial charge in [-0.05, 0) is 23.8 Å². The summed E-state index contributed by atoms with van der Waals surface area (Å²) in [7, 11) is 0. The van der Waals surface area contributed by atoms with Gasteiger partial charge in [0.1, 0.15) is 6.04 Å². The van der Waals surface area contributed by atoms with Crippen molar-refractivity contribution in [3.05, 3.63) is 74.8 Å². The molecule has 2 aromatic rings. The maximum absolute atomic E-state index is 12.2. The molecule has 0 bridgehead atoms. The minimum absolute atomic E-state index is 0.0200. The molecule has 0 heterocycles. The van der Waals surface area contributed by atoms with Crippen LogP contribution in [0.15, 0.2) is 48.5 Å². The van der Waals surface area contributed by atoms with Crippen molar-refractivity contribution < 1.29 is 19.6 Å². The van der Waals surface area contributed by atoms with Crippen LogP contribution < -0.4 is 5.32 Å². The molecule has 0 fully saturated rings. The van der Waals surface area contributed by atoms with Crippen LogP contribution in [0.4, 0.5) is 5.69 Å². The van der Waals surface area contributed by atoms with Crippen molar-refractivity contribution >= 4 is 29.2 Å². The fraction of sp³-hybridized carbons (Fsp3) is 0.125. The number of carboxylic acid groups (broad SMARTS) is 1. The van der Waals surface area contributed by atoms with Gasteiger partial charge in [-0.15, -0.1) is 0 Å². The second-order valence-electron chi connectivity index (χ2n) is 5.00. The number of carbonyl (C=O) groups excluding carboxylic acids is 1. The summed E-state index contributed by atoms with van der Waals surface area (Å²) in [5.74, 6) is -1.90. The first-order valence-electron chi connectivity index (χ1n) is 6.89. The SMILES string of the molecule is O=C(N[C@@H](Cc1ccc(Cl)cc1)C(=O)O)c1cccc([N+](=O)[O-])c1. The molecule has 2 N–H and O–H groups in total. The Kier molecular flexibility index (Phi) is 5.49. The third-order valence-corrected chi connectivity index (χ3v) is 3.53. The predicted molar refractivity (Wildman–Crippen MR) is 87.1 cm³/mol. The van der Waals surface area contributed by atoms with Crippen molar-refractivity contribution in [1.29, 1.82) is 0 Å². The van der Waals surface area contributed by atoms with E-state index in [-0.39, 0.29) is 17.7 Å². The number of hydrogen-bond acceptors (Lipinski definition) is 4. The first kappa shape index (κ1) is 17.4. The van der Waals surface area contributed by atoms with Crippen molar-refractivity contribution in [2.24, 2.45) is 0 Å². The Labute approximate surface area is 142 Å². The molecule has 8 heteroatoms. The minimum atomic E-state index is -1.20. The summed E-state index contributed by atoms with van der Waals surface area (Å²) in [6, 6.07) is 10.5. The van der Waals surface area contributed by atoms with E-state index in [2.05, 4.69) is 5.32 Å². The number of rotatable bonds is 6. The fourth-order valence-corrected chi connectivity index (χ4v) is 2.18. The molecular formula is C16H13ClN2O5. The van der Waals surface area contributed by atoms with Gasteiger partial charge in [0.15, 0.2) is 0 Å². The highest BCUT2D eigenvalue weighted by atomic mass is 35.5. The van der Waals surface area contributed by atoms with E-state index in [0.29, 0.717) is 10.6 Å². The van der Waals surface area contributed by atoms with Gasteiger partial charge in [-0.2, -0.15) is 0 Å². The molecule has 0 spiro atoms. The third kappa shape index (κ3) is 4.53. The van der Waals surface area contributed by atoms with E-state index in [1.807, 2.05) is 0 Å². The summed E-state index contributed by atoms with van der Waals surface area (Å²) in [6.07, 6.45) is 0.0627. The smallest absolute Gasteiger partial charge is 0.326 e. The number of benzene rings is 2. The van der Waals surface area contributed by atoms with E-state index in [1.165, 1.54) is 18.2 Å². The number of hydrogen-bond donors (Lipinski definition) is 2. The van der Waals surface area contributed by atoms with Gasteiger partial charge in [-0.25, -0.2) is 4.79 Å². The highest BCUT2D eigenvalue weighted by Gasteiger charge is 2.22. The molecule has 0 saturated heterocycles. The maximum Gasteiger partial charge on any atom is 0.326 e. The summed E-state index contributed by atoms with van der Waals surface area (Å²) in [4.78, 5) is 33.6. The molecule has 2 rings (SSSR count). The number of nitrogens with one attached hydrogen (secondary N) is 1. The normalized spacial score (nSPS) is 11.5. The number of halogens is 1. The Morgan fingerprint density at radius 2 is 1.88 bits per heavy atom. The third-order valence-electron chi connectivity index (χ3n) is 3.28. The van der Waals surface area contributed by atoms with Crippen LogP contribution in [-0.2, 0) is 11.2 Å². The molecule has 0 unspecified atom stereocenters. The van der Waals surface area contributed by atoms with Crippen LogP contribution in [0.2, 0.25) is 5.02 Å². The van der Waals surface area contributed by atoms with Gasteiger partial charge in [0.2, 0.25) is 0 Å². The Morgan fingerprint density at radius 1 is 1.21 bits per heavy atom. The number of carboxylic acids is 1. The molecule has 0 aromatic heterocycles. The van der Waals surface area contributed by atoms with Gasteiger partial charge in [0.05, 0.1) is 4.92 Å². The molecule has 24 heavy (non-hydrogen) atoms. The standard InChI is InChI=1S/C16H13ClN2O5/c17-12-6-4-10(5-7-12)8-14(16(21)22)18-15(20)11-2-1-3-13(9-11)19(23)24/h1-7,9,14H,8H2,(H,18,20)(H,21,22)/t14-/m0/s1. The average molecular weight is 349 g/mol. The van der Waals surface area contributed by atoms with Crippen LogP contribution in [0.3, 0.4) is 0 Å². The Balaban J connectivity index is 2.13. The zero-order chi connectivity index (χ0) is 17.7. The number of non-ortho nitro benzene ring substituents is 1. The van der Waals surface area contributed by atoms with E-state index in [9.17, 15) is 24.8 Å². The van der Waals surface area contributed by atoms with E-state index < -0.39 is 22.8 Å². The number of amides is 1. The van der Waals surface area contributed by atoms with Crippen molar-refractivity contribution in [3.8, 4) is 0 Å². The van der Waals surface area contributed by atoms with Crippen molar-refractivity contribution in [1.82, 2.24) is 5.32 Å². The summed E-state index contributed by atoms with van der Waals surface area (Å²) >= 11 is 5.77. The second kappa shape index (κ2) is 7.56. The summed E-state index contributed by atoms with van der Waals surface area (Å²) < 4.78 is 0. The lowest BCUT2D eigenvalue weighted by atomic mass is 10.1. The number of nitro groups is 1.